The van der Waals surface area contributed by atoms with E-state index in [2.05, 4.69) is 24.3 Å². The average molecular weight is 261 g/mol. The second-order valence-electron chi connectivity index (χ2n) is 5.78. The molecule has 18 heavy (non-hydrogen) atoms. The van der Waals surface area contributed by atoms with E-state index in [9.17, 15) is 0 Å². The fourth-order valence-corrected chi connectivity index (χ4v) is 4.85. The van der Waals surface area contributed by atoms with Crippen molar-refractivity contribution < 1.29 is 0 Å². The lowest BCUT2D eigenvalue weighted by Gasteiger charge is -2.28. The summed E-state index contributed by atoms with van der Waals surface area (Å²) in [5, 5.41) is 0. The zero-order valence-corrected chi connectivity index (χ0v) is 11.8. The van der Waals surface area contributed by atoms with E-state index in [1.807, 2.05) is 11.8 Å². The van der Waals surface area contributed by atoms with Gasteiger partial charge in [0.25, 0.3) is 0 Å². The normalized spacial score (nSPS) is 26.6. The van der Waals surface area contributed by atoms with Gasteiger partial charge in [-0.3, -0.25) is 0 Å². The number of fused-ring (bicyclic) bond motifs is 1. The largest absolute Gasteiger partial charge is 0.327 e. The molecule has 2 N–H and O–H groups in total. The molecule has 1 aromatic carbocycles. The van der Waals surface area contributed by atoms with Gasteiger partial charge in [0.2, 0.25) is 0 Å². The van der Waals surface area contributed by atoms with Crippen LogP contribution in [0.3, 0.4) is 0 Å². The highest BCUT2D eigenvalue weighted by Crippen LogP contribution is 2.43. The van der Waals surface area contributed by atoms with Crippen LogP contribution in [0.4, 0.5) is 0 Å². The number of benzene rings is 1. The Labute approximate surface area is 115 Å². The molecule has 98 valence electrons. The van der Waals surface area contributed by atoms with Crippen molar-refractivity contribution >= 4 is 11.8 Å². The van der Waals surface area contributed by atoms with Crippen molar-refractivity contribution in [2.24, 2.45) is 11.7 Å². The second-order valence-corrected chi connectivity index (χ2v) is 6.85. The van der Waals surface area contributed by atoms with Gasteiger partial charge in [0.05, 0.1) is 0 Å². The molecule has 1 aliphatic carbocycles. The molecule has 0 radical (unpaired) electrons. The monoisotopic (exact) mass is 261 g/mol. The summed E-state index contributed by atoms with van der Waals surface area (Å²) in [7, 11) is 0. The van der Waals surface area contributed by atoms with Crippen molar-refractivity contribution in [1.82, 2.24) is 0 Å². The van der Waals surface area contributed by atoms with Crippen LogP contribution in [0.15, 0.2) is 29.2 Å². The molecule has 1 aliphatic heterocycles. The predicted molar refractivity (Wildman–Crippen MR) is 79.1 cm³/mol. The minimum atomic E-state index is 0.374. The van der Waals surface area contributed by atoms with Crippen LogP contribution in [-0.2, 0) is 0 Å². The first-order valence-electron chi connectivity index (χ1n) is 7.33. The van der Waals surface area contributed by atoms with E-state index < -0.39 is 0 Å². The third-order valence-electron chi connectivity index (χ3n) is 4.65. The van der Waals surface area contributed by atoms with Crippen molar-refractivity contribution in [3.8, 4) is 0 Å². The van der Waals surface area contributed by atoms with Crippen LogP contribution in [0.2, 0.25) is 0 Å². The van der Waals surface area contributed by atoms with Crippen molar-refractivity contribution in [3.63, 3.8) is 0 Å². The fourth-order valence-electron chi connectivity index (χ4n) is 3.53. The summed E-state index contributed by atoms with van der Waals surface area (Å²) in [6.45, 7) is 0. The summed E-state index contributed by atoms with van der Waals surface area (Å²) in [6.07, 6.45) is 8.31. The van der Waals surface area contributed by atoms with Gasteiger partial charge in [-0.05, 0) is 30.4 Å². The van der Waals surface area contributed by atoms with Gasteiger partial charge >= 0.3 is 0 Å². The van der Waals surface area contributed by atoms with Crippen LogP contribution in [-0.4, -0.2) is 11.8 Å². The molecule has 1 saturated carbocycles. The maximum absolute atomic E-state index is 6.62. The summed E-state index contributed by atoms with van der Waals surface area (Å²) in [4.78, 5) is 1.46. The number of thioether (sulfide) groups is 1. The van der Waals surface area contributed by atoms with Crippen LogP contribution < -0.4 is 5.73 Å². The van der Waals surface area contributed by atoms with E-state index in [0.717, 1.165) is 5.92 Å². The molecule has 1 nitrogen and oxygen atoms in total. The average Bonchev–Trinajstić information content (AvgIpc) is 2.65. The molecule has 1 fully saturated rings. The number of rotatable bonds is 2. The van der Waals surface area contributed by atoms with Crippen LogP contribution in [0, 0.1) is 5.92 Å². The zero-order valence-electron chi connectivity index (χ0n) is 11.0. The molecule has 0 bridgehead atoms. The van der Waals surface area contributed by atoms with Crippen molar-refractivity contribution in [1.29, 1.82) is 0 Å². The number of hydrogen-bond acceptors (Lipinski definition) is 2. The minimum Gasteiger partial charge on any atom is -0.327 e. The van der Waals surface area contributed by atoms with E-state index in [0.29, 0.717) is 12.0 Å². The van der Waals surface area contributed by atoms with Gasteiger partial charge in [0.15, 0.2) is 0 Å². The van der Waals surface area contributed by atoms with Crippen LogP contribution in [0.1, 0.15) is 50.0 Å². The van der Waals surface area contributed by atoms with Crippen LogP contribution in [0.25, 0.3) is 0 Å². The fraction of sp³-hybridized carbons (Fsp3) is 0.625. The highest BCUT2D eigenvalue weighted by molar-refractivity contribution is 7.99. The van der Waals surface area contributed by atoms with Crippen LogP contribution >= 0.6 is 11.8 Å². The smallest absolute Gasteiger partial charge is 0.0145 e. The lowest BCUT2D eigenvalue weighted by molar-refractivity contribution is 0.343. The second kappa shape index (κ2) is 5.66. The molecule has 2 aliphatic rings. The summed E-state index contributed by atoms with van der Waals surface area (Å²) >= 11 is 1.99. The molecule has 0 amide bonds. The Morgan fingerprint density at radius 1 is 1.06 bits per heavy atom. The third kappa shape index (κ3) is 2.46. The Bertz CT molecular complexity index is 396. The van der Waals surface area contributed by atoms with Crippen molar-refractivity contribution in [2.75, 3.05) is 5.75 Å². The Morgan fingerprint density at radius 2 is 1.78 bits per heavy atom. The molecule has 3 rings (SSSR count). The van der Waals surface area contributed by atoms with Crippen molar-refractivity contribution in [2.45, 2.75) is 55.4 Å². The minimum absolute atomic E-state index is 0.374. The van der Waals surface area contributed by atoms with E-state index in [4.69, 9.17) is 5.73 Å². The summed E-state index contributed by atoms with van der Waals surface area (Å²) in [5.74, 6) is 2.54. The first-order valence-corrected chi connectivity index (χ1v) is 8.32. The van der Waals surface area contributed by atoms with E-state index in [1.54, 1.807) is 0 Å². The van der Waals surface area contributed by atoms with Gasteiger partial charge in [-0.2, -0.15) is 0 Å². The predicted octanol–water partition coefficient (Wildman–Crippen LogP) is 4.17. The molecule has 2 atom stereocenters. The first kappa shape index (κ1) is 12.6. The topological polar surface area (TPSA) is 26.0 Å². The van der Waals surface area contributed by atoms with Gasteiger partial charge in [-0.15, -0.1) is 11.8 Å². The van der Waals surface area contributed by atoms with E-state index >= 15 is 0 Å². The quantitative estimate of drug-likeness (QED) is 0.808. The van der Waals surface area contributed by atoms with E-state index in [1.165, 1.54) is 54.7 Å². The van der Waals surface area contributed by atoms with Crippen LogP contribution in [0.5, 0.6) is 0 Å². The molecule has 2 heteroatoms. The lowest BCUT2D eigenvalue weighted by Crippen LogP contribution is -2.36. The summed E-state index contributed by atoms with van der Waals surface area (Å²) in [6, 6.07) is 9.22. The molecule has 1 heterocycles. The van der Waals surface area contributed by atoms with Gasteiger partial charge in [-0.25, -0.2) is 0 Å². The highest BCUT2D eigenvalue weighted by atomic mass is 32.2. The Balaban J connectivity index is 1.75. The lowest BCUT2D eigenvalue weighted by atomic mass is 9.82. The molecule has 0 aromatic heterocycles. The molecule has 0 spiro atoms. The maximum atomic E-state index is 6.62. The number of nitrogens with two attached hydrogens (primary N) is 1. The van der Waals surface area contributed by atoms with Gasteiger partial charge < -0.3 is 5.73 Å². The Hall–Kier alpha value is -0.470. The molecule has 0 saturated heterocycles. The van der Waals surface area contributed by atoms with Gasteiger partial charge in [0.1, 0.15) is 0 Å². The standard InChI is InChI=1S/C16H23NS/c17-16(12-7-3-1-2-4-8-12)14-11-18-15-10-6-5-9-13(14)15/h5-6,9-10,12,14,16H,1-4,7-8,11,17H2. The van der Waals surface area contributed by atoms with E-state index in [-0.39, 0.29) is 0 Å². The third-order valence-corrected chi connectivity index (χ3v) is 5.85. The van der Waals surface area contributed by atoms with Gasteiger partial charge in [-0.1, -0.05) is 43.9 Å². The maximum Gasteiger partial charge on any atom is 0.0145 e. The van der Waals surface area contributed by atoms with Crippen molar-refractivity contribution in [3.05, 3.63) is 29.8 Å². The molecule has 1 aromatic rings. The Kier molecular flexibility index (Phi) is 3.95. The van der Waals surface area contributed by atoms with Gasteiger partial charge in [0, 0.05) is 22.6 Å². The summed E-state index contributed by atoms with van der Waals surface area (Å²) in [5.41, 5.74) is 8.14. The Morgan fingerprint density at radius 3 is 2.56 bits per heavy atom. The molecule has 2 unspecified atom stereocenters. The first-order chi connectivity index (χ1) is 8.86. The SMILES string of the molecule is NC(C1CCCCCC1)C1CSc2ccccc21. The zero-order chi connectivity index (χ0) is 12.4. The summed E-state index contributed by atoms with van der Waals surface area (Å²) < 4.78 is 0. The highest BCUT2D eigenvalue weighted by Gasteiger charge is 2.32. The number of hydrogen-bond donors (Lipinski definition) is 1. The molecular weight excluding hydrogens is 238 g/mol. The molecular formula is C16H23NS.